The largest absolute Gasteiger partial charge is 0.456 e. The van der Waals surface area contributed by atoms with Crippen molar-refractivity contribution in [1.82, 2.24) is 0 Å². The normalized spacial score (nSPS) is 40.3. The van der Waals surface area contributed by atoms with Gasteiger partial charge in [0.15, 0.2) is 6.61 Å². The van der Waals surface area contributed by atoms with Gasteiger partial charge in [-0.3, -0.25) is 4.79 Å². The minimum absolute atomic E-state index is 0.192. The second-order valence-corrected chi connectivity index (χ2v) is 8.95. The Labute approximate surface area is 145 Å². The van der Waals surface area contributed by atoms with Crippen molar-refractivity contribution in [2.75, 3.05) is 6.61 Å². The Hall–Kier alpha value is -0.330. The molecule has 0 aromatic rings. The Kier molecular flexibility index (Phi) is 4.72. The van der Waals surface area contributed by atoms with Gasteiger partial charge in [-0.15, -0.1) is 0 Å². The monoisotopic (exact) mass is 420 g/mol. The summed E-state index contributed by atoms with van der Waals surface area (Å²) in [6.07, 6.45) is 6.87. The van der Waals surface area contributed by atoms with Crippen molar-refractivity contribution in [2.45, 2.75) is 61.9 Å². The molecule has 0 spiro atoms. The molecule has 4 fully saturated rings. The number of hydrogen-bond acceptors (Lipinski definition) is 4. The fourth-order valence-corrected chi connectivity index (χ4v) is 5.13. The lowest BCUT2D eigenvalue weighted by molar-refractivity contribution is -0.207. The molecule has 4 aliphatic carbocycles. The highest BCUT2D eigenvalue weighted by Crippen LogP contribution is 2.59. The Morgan fingerprint density at radius 3 is 2.18 bits per heavy atom. The number of carbonyl (C=O) groups is 2. The molecule has 0 aromatic carbocycles. The average Bonchev–Trinajstić information content (AvgIpc) is 2.49. The summed E-state index contributed by atoms with van der Waals surface area (Å²) >= 11 is 2.04. The molecule has 124 valence electrons. The molecule has 0 aliphatic heterocycles. The van der Waals surface area contributed by atoms with E-state index in [1.807, 2.05) is 29.5 Å². The van der Waals surface area contributed by atoms with E-state index in [-0.39, 0.29) is 28.1 Å². The third-order valence-corrected chi connectivity index (χ3v) is 7.43. The minimum atomic E-state index is -0.386. The maximum absolute atomic E-state index is 12.2. The van der Waals surface area contributed by atoms with Crippen LogP contribution in [0.4, 0.5) is 0 Å². The number of alkyl halides is 1. The zero-order valence-corrected chi connectivity index (χ0v) is 15.5. The summed E-state index contributed by atoms with van der Waals surface area (Å²) in [6.45, 7) is 3.78. The standard InChI is InChI=1S/C17H25IO4/c1-3-14(18)16(20)21-9-15(19)22-17(2)12-5-10-4-11(7-12)8-13(17)6-10/h10-14H,3-9H2,1-2H3. The lowest BCUT2D eigenvalue weighted by atomic mass is 9.50. The highest BCUT2D eigenvalue weighted by Gasteiger charge is 2.57. The second-order valence-electron chi connectivity index (χ2n) is 7.45. The maximum atomic E-state index is 12.2. The van der Waals surface area contributed by atoms with E-state index in [4.69, 9.17) is 9.47 Å². The van der Waals surface area contributed by atoms with Crippen LogP contribution in [-0.2, 0) is 19.1 Å². The number of hydrogen-bond donors (Lipinski definition) is 0. The van der Waals surface area contributed by atoms with Crippen LogP contribution in [0.25, 0.3) is 0 Å². The van der Waals surface area contributed by atoms with Gasteiger partial charge in [0.25, 0.3) is 0 Å². The molecule has 0 amide bonds. The summed E-state index contributed by atoms with van der Waals surface area (Å²) in [6, 6.07) is 0. The molecule has 0 N–H and O–H groups in total. The summed E-state index contributed by atoms with van der Waals surface area (Å²) in [4.78, 5) is 23.8. The summed E-state index contributed by atoms with van der Waals surface area (Å²) in [7, 11) is 0. The third-order valence-electron chi connectivity index (χ3n) is 6.04. The van der Waals surface area contributed by atoms with Gasteiger partial charge in [0.05, 0.1) is 0 Å². The lowest BCUT2D eigenvalue weighted by Crippen LogP contribution is -2.58. The summed E-state index contributed by atoms with van der Waals surface area (Å²) < 4.78 is 10.7. The van der Waals surface area contributed by atoms with Gasteiger partial charge >= 0.3 is 11.9 Å². The van der Waals surface area contributed by atoms with E-state index < -0.39 is 0 Å². The van der Waals surface area contributed by atoms with E-state index in [1.54, 1.807) is 0 Å². The van der Waals surface area contributed by atoms with E-state index in [1.165, 1.54) is 32.1 Å². The predicted octanol–water partition coefficient (Wildman–Crippen LogP) is 3.50. The van der Waals surface area contributed by atoms with Gasteiger partial charge in [-0.1, -0.05) is 29.5 Å². The number of halogens is 1. The summed E-state index contributed by atoms with van der Waals surface area (Å²) in [5, 5.41) is 0. The van der Waals surface area contributed by atoms with Crippen molar-refractivity contribution >= 4 is 34.5 Å². The van der Waals surface area contributed by atoms with Crippen molar-refractivity contribution < 1.29 is 19.1 Å². The SMILES string of the molecule is CCC(I)C(=O)OCC(=O)OC1(C)C2CC3CC(C2)CC1C3. The van der Waals surface area contributed by atoms with E-state index in [0.717, 1.165) is 11.8 Å². The van der Waals surface area contributed by atoms with Crippen LogP contribution in [0.15, 0.2) is 0 Å². The van der Waals surface area contributed by atoms with Gasteiger partial charge in [0.2, 0.25) is 0 Å². The van der Waals surface area contributed by atoms with Gasteiger partial charge in [0, 0.05) is 0 Å². The Morgan fingerprint density at radius 2 is 1.68 bits per heavy atom. The maximum Gasteiger partial charge on any atom is 0.344 e. The first-order valence-electron chi connectivity index (χ1n) is 8.44. The van der Waals surface area contributed by atoms with Crippen LogP contribution in [0.2, 0.25) is 0 Å². The van der Waals surface area contributed by atoms with Crippen molar-refractivity contribution in [3.63, 3.8) is 0 Å². The van der Waals surface area contributed by atoms with Crippen LogP contribution < -0.4 is 0 Å². The van der Waals surface area contributed by atoms with E-state index in [0.29, 0.717) is 18.3 Å². The van der Waals surface area contributed by atoms with Crippen molar-refractivity contribution in [1.29, 1.82) is 0 Å². The minimum Gasteiger partial charge on any atom is -0.456 e. The molecule has 4 bridgehead atoms. The number of carbonyl (C=O) groups excluding carboxylic acids is 2. The molecule has 1 atom stereocenters. The smallest absolute Gasteiger partial charge is 0.344 e. The Balaban J connectivity index is 1.56. The highest BCUT2D eigenvalue weighted by atomic mass is 127. The van der Waals surface area contributed by atoms with Crippen LogP contribution in [0.3, 0.4) is 0 Å². The molecule has 1 unspecified atom stereocenters. The average molecular weight is 420 g/mol. The molecule has 0 saturated heterocycles. The van der Waals surface area contributed by atoms with Crippen LogP contribution in [-0.4, -0.2) is 28.1 Å². The molecule has 0 heterocycles. The zero-order chi connectivity index (χ0) is 15.9. The first kappa shape index (κ1) is 16.5. The molecule has 5 heteroatoms. The zero-order valence-electron chi connectivity index (χ0n) is 13.3. The Bertz CT molecular complexity index is 434. The van der Waals surface area contributed by atoms with Gasteiger partial charge in [-0.05, 0) is 69.1 Å². The third kappa shape index (κ3) is 3.02. The van der Waals surface area contributed by atoms with Crippen molar-refractivity contribution in [3.05, 3.63) is 0 Å². The van der Waals surface area contributed by atoms with Crippen LogP contribution in [0.1, 0.15) is 52.4 Å². The van der Waals surface area contributed by atoms with Gasteiger partial charge in [-0.2, -0.15) is 0 Å². The molecule has 4 saturated carbocycles. The molecule has 4 nitrogen and oxygen atoms in total. The molecular formula is C17H25IO4. The molecule has 4 rings (SSSR count). The van der Waals surface area contributed by atoms with E-state index >= 15 is 0 Å². The molecule has 22 heavy (non-hydrogen) atoms. The summed E-state index contributed by atoms with van der Waals surface area (Å²) in [5.41, 5.74) is -0.342. The lowest BCUT2D eigenvalue weighted by Gasteiger charge is -2.59. The summed E-state index contributed by atoms with van der Waals surface area (Å²) in [5.74, 6) is 1.97. The van der Waals surface area contributed by atoms with E-state index in [2.05, 4.69) is 6.92 Å². The molecule has 0 aromatic heterocycles. The Morgan fingerprint density at radius 1 is 1.14 bits per heavy atom. The number of ether oxygens (including phenoxy) is 2. The first-order chi connectivity index (χ1) is 10.4. The second kappa shape index (κ2) is 6.29. The first-order valence-corrected chi connectivity index (χ1v) is 9.69. The van der Waals surface area contributed by atoms with Crippen molar-refractivity contribution in [2.24, 2.45) is 23.7 Å². The van der Waals surface area contributed by atoms with Gasteiger partial charge in [-0.25, -0.2) is 4.79 Å². The molecular weight excluding hydrogens is 395 g/mol. The molecule has 4 aliphatic rings. The predicted molar refractivity (Wildman–Crippen MR) is 90.6 cm³/mol. The van der Waals surface area contributed by atoms with E-state index in [9.17, 15) is 9.59 Å². The fraction of sp³-hybridized carbons (Fsp3) is 0.882. The van der Waals surface area contributed by atoms with Crippen LogP contribution in [0.5, 0.6) is 0 Å². The fourth-order valence-electron chi connectivity index (χ4n) is 4.95. The topological polar surface area (TPSA) is 52.6 Å². The van der Waals surface area contributed by atoms with Crippen LogP contribution >= 0.6 is 22.6 Å². The number of esters is 2. The molecule has 0 radical (unpaired) electrons. The van der Waals surface area contributed by atoms with Crippen LogP contribution in [0, 0.1) is 23.7 Å². The van der Waals surface area contributed by atoms with Gasteiger partial charge < -0.3 is 9.47 Å². The van der Waals surface area contributed by atoms with Crippen molar-refractivity contribution in [3.8, 4) is 0 Å². The van der Waals surface area contributed by atoms with Gasteiger partial charge in [0.1, 0.15) is 9.53 Å². The highest BCUT2D eigenvalue weighted by molar-refractivity contribution is 14.1. The quantitative estimate of drug-likeness (QED) is 0.388. The number of rotatable bonds is 5.